The van der Waals surface area contributed by atoms with E-state index in [1.807, 2.05) is 6.92 Å². The Labute approximate surface area is 124 Å². The third-order valence-electron chi connectivity index (χ3n) is 3.60. The van der Waals surface area contributed by atoms with Crippen LogP contribution in [0.2, 0.25) is 0 Å². The van der Waals surface area contributed by atoms with E-state index in [4.69, 9.17) is 4.74 Å². The van der Waals surface area contributed by atoms with E-state index in [2.05, 4.69) is 22.5 Å². The van der Waals surface area contributed by atoms with E-state index in [9.17, 15) is 10.1 Å². The average molecular weight is 294 g/mol. The summed E-state index contributed by atoms with van der Waals surface area (Å²) in [5.74, 6) is 1.07. The fraction of sp³-hybridized carbons (Fsp3) is 0.643. The van der Waals surface area contributed by atoms with Crippen LogP contribution in [0.1, 0.15) is 33.1 Å². The van der Waals surface area contributed by atoms with E-state index in [-0.39, 0.29) is 11.2 Å². The third-order valence-corrected chi connectivity index (χ3v) is 3.60. The topological polar surface area (TPSA) is 89.3 Å². The molecule has 2 N–H and O–H groups in total. The standard InChI is InChI=1S/C14H22N4O3/c1-3-6-15-12-9-11(18(19)20)10-13(16-12)17-14(2)4-7-21-8-5-14/h9-10H,3-8H2,1-2H3,(H2,15,16,17). The summed E-state index contributed by atoms with van der Waals surface area (Å²) in [5.41, 5.74) is -0.0931. The zero-order valence-electron chi connectivity index (χ0n) is 12.5. The van der Waals surface area contributed by atoms with Crippen LogP contribution in [0.15, 0.2) is 12.1 Å². The molecule has 0 aromatic carbocycles. The molecule has 1 saturated heterocycles. The summed E-state index contributed by atoms with van der Waals surface area (Å²) in [7, 11) is 0. The van der Waals surface area contributed by atoms with Gasteiger partial charge in [0.05, 0.1) is 17.1 Å². The van der Waals surface area contributed by atoms with Crippen LogP contribution in [0.3, 0.4) is 0 Å². The lowest BCUT2D eigenvalue weighted by atomic mass is 9.92. The highest BCUT2D eigenvalue weighted by Crippen LogP contribution is 2.27. The average Bonchev–Trinajstić information content (AvgIpc) is 2.45. The van der Waals surface area contributed by atoms with Crippen LogP contribution >= 0.6 is 0 Å². The van der Waals surface area contributed by atoms with Crippen molar-refractivity contribution >= 4 is 17.3 Å². The molecule has 0 spiro atoms. The van der Waals surface area contributed by atoms with Crippen LogP contribution in [0.4, 0.5) is 17.3 Å². The molecule has 1 aliphatic heterocycles. The number of hydrogen-bond acceptors (Lipinski definition) is 6. The van der Waals surface area contributed by atoms with Gasteiger partial charge in [-0.15, -0.1) is 0 Å². The second kappa shape index (κ2) is 6.71. The van der Waals surface area contributed by atoms with Gasteiger partial charge in [0, 0.05) is 25.3 Å². The van der Waals surface area contributed by atoms with Crippen LogP contribution in [0.25, 0.3) is 0 Å². The minimum absolute atomic E-state index is 0.0433. The molecule has 1 aromatic heterocycles. The Balaban J connectivity index is 2.20. The second-order valence-corrected chi connectivity index (χ2v) is 5.58. The molecule has 0 saturated carbocycles. The van der Waals surface area contributed by atoms with Crippen LogP contribution in [-0.2, 0) is 4.74 Å². The quantitative estimate of drug-likeness (QED) is 0.619. The van der Waals surface area contributed by atoms with Crippen molar-refractivity contribution in [1.82, 2.24) is 4.98 Å². The fourth-order valence-corrected chi connectivity index (χ4v) is 2.29. The smallest absolute Gasteiger partial charge is 0.276 e. The van der Waals surface area contributed by atoms with Crippen molar-refractivity contribution in [2.45, 2.75) is 38.6 Å². The van der Waals surface area contributed by atoms with E-state index in [0.29, 0.717) is 24.8 Å². The lowest BCUT2D eigenvalue weighted by Crippen LogP contribution is -2.40. The minimum Gasteiger partial charge on any atom is -0.381 e. The molecule has 1 aromatic rings. The van der Waals surface area contributed by atoms with E-state index in [1.54, 1.807) is 0 Å². The zero-order chi connectivity index (χ0) is 15.3. The van der Waals surface area contributed by atoms with E-state index >= 15 is 0 Å². The molecule has 0 radical (unpaired) electrons. The summed E-state index contributed by atoms with van der Waals surface area (Å²) in [6.45, 7) is 6.25. The van der Waals surface area contributed by atoms with Gasteiger partial charge in [0.2, 0.25) is 0 Å². The minimum atomic E-state index is -0.393. The number of hydrogen-bond donors (Lipinski definition) is 2. The van der Waals surface area contributed by atoms with Crippen molar-refractivity contribution in [3.8, 4) is 0 Å². The molecular weight excluding hydrogens is 272 g/mol. The lowest BCUT2D eigenvalue weighted by Gasteiger charge is -2.34. The summed E-state index contributed by atoms with van der Waals surface area (Å²) in [5, 5.41) is 17.5. The first-order valence-corrected chi connectivity index (χ1v) is 7.29. The molecule has 7 nitrogen and oxygen atoms in total. The Morgan fingerprint density at radius 1 is 1.38 bits per heavy atom. The summed E-state index contributed by atoms with van der Waals surface area (Å²) in [6, 6.07) is 2.95. The predicted molar refractivity (Wildman–Crippen MR) is 81.8 cm³/mol. The molecule has 0 amide bonds. The molecule has 0 aliphatic carbocycles. The summed E-state index contributed by atoms with van der Waals surface area (Å²) in [4.78, 5) is 15.1. The van der Waals surface area contributed by atoms with Crippen LogP contribution < -0.4 is 10.6 Å². The van der Waals surface area contributed by atoms with Gasteiger partial charge in [0.1, 0.15) is 11.6 Å². The van der Waals surface area contributed by atoms with Crippen molar-refractivity contribution < 1.29 is 9.66 Å². The molecule has 116 valence electrons. The maximum Gasteiger partial charge on any atom is 0.276 e. The summed E-state index contributed by atoms with van der Waals surface area (Å²) in [6.07, 6.45) is 2.65. The van der Waals surface area contributed by atoms with Crippen molar-refractivity contribution in [2.75, 3.05) is 30.4 Å². The number of aromatic nitrogens is 1. The van der Waals surface area contributed by atoms with Crippen molar-refractivity contribution in [2.24, 2.45) is 0 Å². The van der Waals surface area contributed by atoms with Crippen molar-refractivity contribution in [3.63, 3.8) is 0 Å². The second-order valence-electron chi connectivity index (χ2n) is 5.58. The first-order valence-electron chi connectivity index (χ1n) is 7.29. The third kappa shape index (κ3) is 4.29. The van der Waals surface area contributed by atoms with E-state index < -0.39 is 4.92 Å². The highest BCUT2D eigenvalue weighted by molar-refractivity contribution is 5.55. The monoisotopic (exact) mass is 294 g/mol. The highest BCUT2D eigenvalue weighted by Gasteiger charge is 2.28. The largest absolute Gasteiger partial charge is 0.381 e. The summed E-state index contributed by atoms with van der Waals surface area (Å²) >= 11 is 0. The molecule has 7 heteroatoms. The van der Waals surface area contributed by atoms with Crippen LogP contribution in [-0.4, -0.2) is 35.2 Å². The molecule has 0 bridgehead atoms. The fourth-order valence-electron chi connectivity index (χ4n) is 2.29. The van der Waals surface area contributed by atoms with Gasteiger partial charge in [-0.3, -0.25) is 10.1 Å². The molecular formula is C14H22N4O3. The molecule has 1 aliphatic rings. The first kappa shape index (κ1) is 15.5. The van der Waals surface area contributed by atoms with Gasteiger partial charge in [0.15, 0.2) is 0 Å². The van der Waals surface area contributed by atoms with Gasteiger partial charge in [-0.1, -0.05) is 6.92 Å². The maximum atomic E-state index is 11.1. The maximum absolute atomic E-state index is 11.1. The normalized spacial score (nSPS) is 17.2. The predicted octanol–water partition coefficient (Wildman–Crippen LogP) is 2.79. The Hall–Kier alpha value is -1.89. The number of ether oxygens (including phenoxy) is 1. The molecule has 1 fully saturated rings. The van der Waals surface area contributed by atoms with Gasteiger partial charge in [-0.25, -0.2) is 4.98 Å². The number of nitrogens with zero attached hydrogens (tertiary/aromatic N) is 2. The van der Waals surface area contributed by atoms with Gasteiger partial charge in [0.25, 0.3) is 5.69 Å². The van der Waals surface area contributed by atoms with Gasteiger partial charge >= 0.3 is 0 Å². The van der Waals surface area contributed by atoms with Gasteiger partial charge in [-0.2, -0.15) is 0 Å². The Morgan fingerprint density at radius 3 is 2.67 bits per heavy atom. The number of rotatable bonds is 6. The Bertz CT molecular complexity index is 501. The highest BCUT2D eigenvalue weighted by atomic mass is 16.6. The zero-order valence-corrected chi connectivity index (χ0v) is 12.5. The molecule has 0 unspecified atom stereocenters. The number of pyridine rings is 1. The Morgan fingerprint density at radius 2 is 2.05 bits per heavy atom. The molecule has 2 heterocycles. The van der Waals surface area contributed by atoms with E-state index in [1.165, 1.54) is 12.1 Å². The van der Waals surface area contributed by atoms with Crippen molar-refractivity contribution in [3.05, 3.63) is 22.2 Å². The van der Waals surface area contributed by atoms with Crippen molar-refractivity contribution in [1.29, 1.82) is 0 Å². The molecule has 0 atom stereocenters. The SMILES string of the molecule is CCCNc1cc([N+](=O)[O-])cc(NC2(C)CCOCC2)n1. The van der Waals surface area contributed by atoms with Crippen LogP contribution in [0.5, 0.6) is 0 Å². The number of anilines is 2. The summed E-state index contributed by atoms with van der Waals surface area (Å²) < 4.78 is 5.36. The van der Waals surface area contributed by atoms with Crippen LogP contribution in [0, 0.1) is 10.1 Å². The molecule has 2 rings (SSSR count). The number of nitro groups is 1. The Kier molecular flexibility index (Phi) is 4.95. The van der Waals surface area contributed by atoms with Gasteiger partial charge in [-0.05, 0) is 26.2 Å². The first-order chi connectivity index (χ1) is 10.0. The number of nitrogens with one attached hydrogen (secondary N) is 2. The van der Waals surface area contributed by atoms with Gasteiger partial charge < -0.3 is 15.4 Å². The lowest BCUT2D eigenvalue weighted by molar-refractivity contribution is -0.384. The van der Waals surface area contributed by atoms with E-state index in [0.717, 1.165) is 25.8 Å². The molecule has 21 heavy (non-hydrogen) atoms.